The second kappa shape index (κ2) is 5.59. The Balaban J connectivity index is 1.94. The van der Waals surface area contributed by atoms with E-state index in [9.17, 15) is 9.90 Å². The van der Waals surface area contributed by atoms with Gasteiger partial charge in [0.05, 0.1) is 6.61 Å². The van der Waals surface area contributed by atoms with E-state index in [0.29, 0.717) is 22.4 Å². The molecule has 4 nitrogen and oxygen atoms in total. The van der Waals surface area contributed by atoms with E-state index >= 15 is 0 Å². The van der Waals surface area contributed by atoms with Crippen molar-refractivity contribution in [3.63, 3.8) is 0 Å². The maximum absolute atomic E-state index is 11.8. The van der Waals surface area contributed by atoms with E-state index in [1.54, 1.807) is 30.1 Å². The van der Waals surface area contributed by atoms with Crippen molar-refractivity contribution in [1.82, 2.24) is 4.90 Å². The summed E-state index contributed by atoms with van der Waals surface area (Å²) in [5.74, 6) is 0.454. The van der Waals surface area contributed by atoms with Crippen LogP contribution in [0.1, 0.15) is 18.4 Å². The second-order valence-corrected chi connectivity index (χ2v) is 4.87. The van der Waals surface area contributed by atoms with Crippen molar-refractivity contribution in [3.05, 3.63) is 28.8 Å². The van der Waals surface area contributed by atoms with Crippen LogP contribution in [0.4, 0.5) is 0 Å². The largest absolute Gasteiger partial charge is 0.483 e. The number of rotatable bonds is 5. The number of hydrogen-bond donors (Lipinski definition) is 1. The summed E-state index contributed by atoms with van der Waals surface area (Å²) in [6.45, 7) is -0.176. The van der Waals surface area contributed by atoms with Crippen LogP contribution in [-0.2, 0) is 11.4 Å². The maximum atomic E-state index is 11.8. The molecule has 98 valence electrons. The van der Waals surface area contributed by atoms with Crippen LogP contribution in [0.15, 0.2) is 18.2 Å². The molecule has 1 aromatic rings. The summed E-state index contributed by atoms with van der Waals surface area (Å²) in [5, 5.41) is 9.72. The fourth-order valence-corrected chi connectivity index (χ4v) is 1.91. The number of hydrogen-bond acceptors (Lipinski definition) is 3. The first-order valence-corrected chi connectivity index (χ1v) is 6.27. The average Bonchev–Trinajstić information content (AvgIpc) is 3.20. The first-order chi connectivity index (χ1) is 8.61. The summed E-state index contributed by atoms with van der Waals surface area (Å²) in [7, 11) is 1.79. The zero-order valence-electron chi connectivity index (χ0n) is 10.2. The molecule has 1 aliphatic carbocycles. The lowest BCUT2D eigenvalue weighted by Gasteiger charge is -2.17. The lowest BCUT2D eigenvalue weighted by molar-refractivity contribution is -0.132. The predicted octanol–water partition coefficient (Wildman–Crippen LogP) is 1.83. The van der Waals surface area contributed by atoms with Crippen molar-refractivity contribution < 1.29 is 14.6 Å². The smallest absolute Gasteiger partial charge is 0.260 e. The SMILES string of the molecule is CN(C(=O)COc1ccc(Cl)cc1CO)C1CC1. The minimum Gasteiger partial charge on any atom is -0.483 e. The van der Waals surface area contributed by atoms with Crippen LogP contribution in [0.5, 0.6) is 5.75 Å². The molecule has 1 N–H and O–H groups in total. The Bertz CT molecular complexity index is 446. The number of carbonyl (C=O) groups excluding carboxylic acids is 1. The summed E-state index contributed by atoms with van der Waals surface area (Å²) >= 11 is 5.82. The van der Waals surface area contributed by atoms with E-state index in [0.717, 1.165) is 12.8 Å². The molecule has 18 heavy (non-hydrogen) atoms. The minimum absolute atomic E-state index is 0.0123. The van der Waals surface area contributed by atoms with Gasteiger partial charge in [-0.25, -0.2) is 0 Å². The van der Waals surface area contributed by atoms with Gasteiger partial charge < -0.3 is 14.7 Å². The molecule has 1 fully saturated rings. The van der Waals surface area contributed by atoms with Gasteiger partial charge in [-0.1, -0.05) is 11.6 Å². The van der Waals surface area contributed by atoms with Crippen molar-refractivity contribution >= 4 is 17.5 Å². The first-order valence-electron chi connectivity index (χ1n) is 5.89. The highest BCUT2D eigenvalue weighted by Gasteiger charge is 2.29. The summed E-state index contributed by atoms with van der Waals surface area (Å²) < 4.78 is 5.43. The minimum atomic E-state index is -0.164. The third kappa shape index (κ3) is 3.15. The molecule has 5 heteroatoms. The van der Waals surface area contributed by atoms with Crippen LogP contribution in [-0.4, -0.2) is 35.6 Å². The number of nitrogens with zero attached hydrogens (tertiary/aromatic N) is 1. The molecule has 0 aliphatic heterocycles. The quantitative estimate of drug-likeness (QED) is 0.887. The van der Waals surface area contributed by atoms with E-state index in [1.807, 2.05) is 0 Å². The lowest BCUT2D eigenvalue weighted by atomic mass is 10.2. The number of amides is 1. The normalized spacial score (nSPS) is 14.4. The number of aliphatic hydroxyl groups excluding tert-OH is 1. The number of carbonyl (C=O) groups is 1. The molecule has 0 heterocycles. The van der Waals surface area contributed by atoms with E-state index in [2.05, 4.69) is 0 Å². The van der Waals surface area contributed by atoms with Crippen LogP contribution in [0.3, 0.4) is 0 Å². The van der Waals surface area contributed by atoms with E-state index in [4.69, 9.17) is 16.3 Å². The van der Waals surface area contributed by atoms with Crippen LogP contribution in [0.2, 0.25) is 5.02 Å². The number of benzene rings is 1. The van der Waals surface area contributed by atoms with E-state index in [1.165, 1.54) is 0 Å². The number of ether oxygens (including phenoxy) is 1. The molecule has 0 saturated heterocycles. The molecule has 2 rings (SSSR count). The highest BCUT2D eigenvalue weighted by Crippen LogP contribution is 2.26. The molecular weight excluding hydrogens is 254 g/mol. The summed E-state index contributed by atoms with van der Waals surface area (Å²) in [6.07, 6.45) is 2.15. The van der Waals surface area contributed by atoms with Gasteiger partial charge >= 0.3 is 0 Å². The Labute approximate surface area is 111 Å². The number of aliphatic hydroxyl groups is 1. The van der Waals surface area contributed by atoms with Crippen LogP contribution in [0, 0.1) is 0 Å². The molecule has 0 atom stereocenters. The van der Waals surface area contributed by atoms with Gasteiger partial charge in [-0.3, -0.25) is 4.79 Å². The van der Waals surface area contributed by atoms with Crippen molar-refractivity contribution in [3.8, 4) is 5.75 Å². The lowest BCUT2D eigenvalue weighted by Crippen LogP contribution is -2.33. The Hall–Kier alpha value is -1.26. The molecule has 0 radical (unpaired) electrons. The monoisotopic (exact) mass is 269 g/mol. The zero-order valence-corrected chi connectivity index (χ0v) is 11.0. The molecule has 0 spiro atoms. The zero-order chi connectivity index (χ0) is 13.1. The number of halogens is 1. The molecule has 1 aliphatic rings. The van der Waals surface area contributed by atoms with Gasteiger partial charge in [0.25, 0.3) is 5.91 Å². The van der Waals surface area contributed by atoms with Gasteiger partial charge in [-0.15, -0.1) is 0 Å². The maximum Gasteiger partial charge on any atom is 0.260 e. The third-order valence-corrected chi connectivity index (χ3v) is 3.27. The third-order valence-electron chi connectivity index (χ3n) is 3.03. The first kappa shape index (κ1) is 13.2. The van der Waals surface area contributed by atoms with E-state index in [-0.39, 0.29) is 19.1 Å². The molecule has 1 saturated carbocycles. The summed E-state index contributed by atoms with van der Waals surface area (Å²) in [6, 6.07) is 5.35. The van der Waals surface area contributed by atoms with Crippen molar-refractivity contribution in [2.75, 3.05) is 13.7 Å². The standard InChI is InChI=1S/C13H16ClNO3/c1-15(11-3-4-11)13(17)8-18-12-5-2-10(14)6-9(12)7-16/h2,5-6,11,16H,3-4,7-8H2,1H3. The Kier molecular flexibility index (Phi) is 4.09. The van der Waals surface area contributed by atoms with Gasteiger partial charge in [-0.2, -0.15) is 0 Å². The van der Waals surface area contributed by atoms with Crippen LogP contribution < -0.4 is 4.74 Å². The van der Waals surface area contributed by atoms with Gasteiger partial charge in [0.1, 0.15) is 5.75 Å². The van der Waals surface area contributed by atoms with E-state index < -0.39 is 0 Å². The van der Waals surface area contributed by atoms with Crippen molar-refractivity contribution in [2.24, 2.45) is 0 Å². The van der Waals surface area contributed by atoms with Gasteiger partial charge in [0.2, 0.25) is 0 Å². The summed E-state index contributed by atoms with van der Waals surface area (Å²) in [4.78, 5) is 13.5. The fourth-order valence-electron chi connectivity index (χ4n) is 1.72. The Morgan fingerprint density at radius 2 is 2.28 bits per heavy atom. The van der Waals surface area contributed by atoms with Gasteiger partial charge in [0.15, 0.2) is 6.61 Å². The Morgan fingerprint density at radius 3 is 2.89 bits per heavy atom. The highest BCUT2D eigenvalue weighted by atomic mass is 35.5. The predicted molar refractivity (Wildman–Crippen MR) is 68.7 cm³/mol. The number of likely N-dealkylation sites (N-methyl/N-ethyl adjacent to an activating group) is 1. The molecule has 1 aromatic carbocycles. The van der Waals surface area contributed by atoms with Crippen molar-refractivity contribution in [2.45, 2.75) is 25.5 Å². The highest BCUT2D eigenvalue weighted by molar-refractivity contribution is 6.30. The van der Waals surface area contributed by atoms with Crippen LogP contribution in [0.25, 0.3) is 0 Å². The van der Waals surface area contributed by atoms with Crippen LogP contribution >= 0.6 is 11.6 Å². The molecule has 0 unspecified atom stereocenters. The van der Waals surface area contributed by atoms with Gasteiger partial charge in [0, 0.05) is 23.7 Å². The molecule has 1 amide bonds. The average molecular weight is 270 g/mol. The molecular formula is C13H16ClNO3. The topological polar surface area (TPSA) is 49.8 Å². The fraction of sp³-hybridized carbons (Fsp3) is 0.462. The van der Waals surface area contributed by atoms with Crippen molar-refractivity contribution in [1.29, 1.82) is 0 Å². The molecule has 0 bridgehead atoms. The molecule has 0 aromatic heterocycles. The second-order valence-electron chi connectivity index (χ2n) is 4.43. The summed E-state index contributed by atoms with van der Waals surface area (Å²) in [5.41, 5.74) is 0.587. The Morgan fingerprint density at radius 1 is 1.56 bits per heavy atom. The van der Waals surface area contributed by atoms with Gasteiger partial charge in [-0.05, 0) is 31.0 Å².